The van der Waals surface area contributed by atoms with Gasteiger partial charge in [0.25, 0.3) is 0 Å². The van der Waals surface area contributed by atoms with Gasteiger partial charge in [-0.05, 0) is 44.7 Å². The average molecular weight is 207 g/mol. The Hall–Kier alpha value is -0.830. The first kappa shape index (κ1) is 10.7. The van der Waals surface area contributed by atoms with E-state index in [1.165, 1.54) is 36.9 Å². The van der Waals surface area contributed by atoms with E-state index in [0.717, 1.165) is 19.4 Å². The van der Waals surface area contributed by atoms with Crippen LogP contribution >= 0.6 is 0 Å². The molecule has 3 heteroatoms. The Bertz CT molecular complexity index is 311. The molecular formula is C12H21N3. The van der Waals surface area contributed by atoms with Crippen molar-refractivity contribution in [2.75, 3.05) is 6.54 Å². The first-order valence-electron chi connectivity index (χ1n) is 6.06. The van der Waals surface area contributed by atoms with Crippen molar-refractivity contribution in [3.05, 3.63) is 17.5 Å². The van der Waals surface area contributed by atoms with E-state index in [2.05, 4.69) is 22.9 Å². The molecule has 0 aromatic carbocycles. The monoisotopic (exact) mass is 207 g/mol. The average Bonchev–Trinajstić information content (AvgIpc) is 2.83. The Morgan fingerprint density at radius 2 is 2.20 bits per heavy atom. The highest BCUT2D eigenvalue weighted by molar-refractivity contribution is 5.16. The van der Waals surface area contributed by atoms with Crippen LogP contribution in [0.15, 0.2) is 6.20 Å². The van der Waals surface area contributed by atoms with Gasteiger partial charge in [0.1, 0.15) is 0 Å². The van der Waals surface area contributed by atoms with E-state index in [1.54, 1.807) is 0 Å². The van der Waals surface area contributed by atoms with Crippen LogP contribution in [0.2, 0.25) is 0 Å². The molecule has 0 unspecified atom stereocenters. The maximum atomic E-state index is 5.53. The molecule has 3 nitrogen and oxygen atoms in total. The summed E-state index contributed by atoms with van der Waals surface area (Å²) < 4.78 is 2.19. The van der Waals surface area contributed by atoms with Crippen LogP contribution in [0.1, 0.15) is 49.4 Å². The lowest BCUT2D eigenvalue weighted by molar-refractivity contribution is 0.464. The molecule has 0 spiro atoms. The minimum Gasteiger partial charge on any atom is -0.330 e. The van der Waals surface area contributed by atoms with Crippen LogP contribution in [0.4, 0.5) is 0 Å². The summed E-state index contributed by atoms with van der Waals surface area (Å²) in [4.78, 5) is 0. The predicted octanol–water partition coefficient (Wildman–Crippen LogP) is 2.20. The maximum absolute atomic E-state index is 5.53. The first-order chi connectivity index (χ1) is 7.31. The SMILES string of the molecule is Cc1nn(C2CCCC2)cc1CCCN. The fourth-order valence-electron chi connectivity index (χ4n) is 2.41. The minimum absolute atomic E-state index is 0.662. The second-order valence-electron chi connectivity index (χ2n) is 4.55. The fraction of sp³-hybridized carbons (Fsp3) is 0.750. The van der Waals surface area contributed by atoms with Crippen LogP contribution in [-0.2, 0) is 6.42 Å². The van der Waals surface area contributed by atoms with Crippen molar-refractivity contribution in [3.8, 4) is 0 Å². The fourth-order valence-corrected chi connectivity index (χ4v) is 2.41. The molecule has 1 aromatic heterocycles. The van der Waals surface area contributed by atoms with Gasteiger partial charge >= 0.3 is 0 Å². The van der Waals surface area contributed by atoms with Crippen LogP contribution < -0.4 is 5.73 Å². The molecule has 1 aliphatic carbocycles. The largest absolute Gasteiger partial charge is 0.330 e. The number of hydrogen-bond donors (Lipinski definition) is 1. The zero-order valence-electron chi connectivity index (χ0n) is 9.58. The molecule has 1 aromatic rings. The lowest BCUT2D eigenvalue weighted by Gasteiger charge is -2.08. The summed E-state index contributed by atoms with van der Waals surface area (Å²) >= 11 is 0. The topological polar surface area (TPSA) is 43.8 Å². The van der Waals surface area contributed by atoms with Crippen LogP contribution in [0.3, 0.4) is 0 Å². The summed E-state index contributed by atoms with van der Waals surface area (Å²) in [6, 6.07) is 0.662. The maximum Gasteiger partial charge on any atom is 0.0625 e. The highest BCUT2D eigenvalue weighted by Gasteiger charge is 2.18. The van der Waals surface area contributed by atoms with Crippen molar-refractivity contribution in [2.24, 2.45) is 5.73 Å². The summed E-state index contributed by atoms with van der Waals surface area (Å²) in [6.07, 6.45) is 9.71. The number of hydrogen-bond acceptors (Lipinski definition) is 2. The zero-order valence-corrected chi connectivity index (χ0v) is 9.58. The summed E-state index contributed by atoms with van der Waals surface area (Å²) in [5.41, 5.74) is 8.10. The van der Waals surface area contributed by atoms with Crippen LogP contribution in [0, 0.1) is 6.92 Å². The molecule has 0 radical (unpaired) electrons. The molecule has 84 valence electrons. The molecule has 0 aliphatic heterocycles. The Morgan fingerprint density at radius 3 is 2.87 bits per heavy atom. The van der Waals surface area contributed by atoms with Crippen molar-refractivity contribution in [1.29, 1.82) is 0 Å². The van der Waals surface area contributed by atoms with E-state index in [-0.39, 0.29) is 0 Å². The second-order valence-corrected chi connectivity index (χ2v) is 4.55. The molecule has 0 saturated heterocycles. The number of aryl methyl sites for hydroxylation is 2. The van der Waals surface area contributed by atoms with Gasteiger partial charge in [-0.25, -0.2) is 0 Å². The smallest absolute Gasteiger partial charge is 0.0625 e. The summed E-state index contributed by atoms with van der Waals surface area (Å²) in [7, 11) is 0. The van der Waals surface area contributed by atoms with Crippen LogP contribution in [-0.4, -0.2) is 16.3 Å². The quantitative estimate of drug-likeness (QED) is 0.822. The van der Waals surface area contributed by atoms with Gasteiger partial charge < -0.3 is 5.73 Å². The Labute approximate surface area is 91.7 Å². The Morgan fingerprint density at radius 1 is 1.47 bits per heavy atom. The highest BCUT2D eigenvalue weighted by Crippen LogP contribution is 2.29. The van der Waals surface area contributed by atoms with E-state index in [1.807, 2.05) is 0 Å². The molecule has 1 fully saturated rings. The normalized spacial score (nSPS) is 17.5. The first-order valence-corrected chi connectivity index (χ1v) is 6.06. The van der Waals surface area contributed by atoms with Crippen LogP contribution in [0.25, 0.3) is 0 Å². The lowest BCUT2D eigenvalue weighted by atomic mass is 10.1. The predicted molar refractivity (Wildman–Crippen MR) is 61.8 cm³/mol. The number of rotatable bonds is 4. The minimum atomic E-state index is 0.662. The van der Waals surface area contributed by atoms with E-state index in [9.17, 15) is 0 Å². The third kappa shape index (κ3) is 2.40. The van der Waals surface area contributed by atoms with Crippen molar-refractivity contribution >= 4 is 0 Å². The highest BCUT2D eigenvalue weighted by atomic mass is 15.3. The third-order valence-corrected chi connectivity index (χ3v) is 3.37. The molecule has 2 rings (SSSR count). The van der Waals surface area contributed by atoms with Gasteiger partial charge in [-0.3, -0.25) is 4.68 Å². The molecule has 2 N–H and O–H groups in total. The summed E-state index contributed by atoms with van der Waals surface area (Å²) in [5.74, 6) is 0. The molecule has 15 heavy (non-hydrogen) atoms. The van der Waals surface area contributed by atoms with Gasteiger partial charge in [-0.2, -0.15) is 5.10 Å². The molecule has 1 saturated carbocycles. The molecule has 0 bridgehead atoms. The molecule has 0 atom stereocenters. The van der Waals surface area contributed by atoms with E-state index in [0.29, 0.717) is 6.04 Å². The van der Waals surface area contributed by atoms with Crippen LogP contribution in [0.5, 0.6) is 0 Å². The van der Waals surface area contributed by atoms with Crippen molar-refractivity contribution in [2.45, 2.75) is 51.5 Å². The van der Waals surface area contributed by atoms with E-state index >= 15 is 0 Å². The molecule has 1 heterocycles. The number of nitrogens with two attached hydrogens (primary N) is 1. The number of aromatic nitrogens is 2. The van der Waals surface area contributed by atoms with Gasteiger partial charge in [0, 0.05) is 6.20 Å². The lowest BCUT2D eigenvalue weighted by Crippen LogP contribution is -2.04. The summed E-state index contributed by atoms with van der Waals surface area (Å²) in [6.45, 7) is 2.88. The van der Waals surface area contributed by atoms with Gasteiger partial charge in [-0.1, -0.05) is 12.8 Å². The van der Waals surface area contributed by atoms with E-state index in [4.69, 9.17) is 5.73 Å². The standard InChI is InChI=1S/C12H21N3/c1-10-11(5-4-8-13)9-15(14-10)12-6-2-3-7-12/h9,12H,2-8,13H2,1H3. The Kier molecular flexibility index (Phi) is 3.41. The molecule has 1 aliphatic rings. The Balaban J connectivity index is 2.06. The molecule has 0 amide bonds. The number of nitrogens with zero attached hydrogens (tertiary/aromatic N) is 2. The summed E-state index contributed by atoms with van der Waals surface area (Å²) in [5, 5.41) is 4.62. The van der Waals surface area contributed by atoms with Crippen molar-refractivity contribution in [1.82, 2.24) is 9.78 Å². The van der Waals surface area contributed by atoms with Crippen molar-refractivity contribution in [3.63, 3.8) is 0 Å². The second kappa shape index (κ2) is 4.79. The zero-order chi connectivity index (χ0) is 10.7. The van der Waals surface area contributed by atoms with Crippen molar-refractivity contribution < 1.29 is 0 Å². The van der Waals surface area contributed by atoms with Gasteiger partial charge in [0.2, 0.25) is 0 Å². The van der Waals surface area contributed by atoms with Gasteiger partial charge in [0.15, 0.2) is 0 Å². The van der Waals surface area contributed by atoms with Gasteiger partial charge in [0.05, 0.1) is 11.7 Å². The molecular weight excluding hydrogens is 186 g/mol. The van der Waals surface area contributed by atoms with Gasteiger partial charge in [-0.15, -0.1) is 0 Å². The van der Waals surface area contributed by atoms with E-state index < -0.39 is 0 Å². The third-order valence-electron chi connectivity index (χ3n) is 3.37.